The third-order valence-corrected chi connectivity index (χ3v) is 3.25. The molecule has 1 atom stereocenters. The van der Waals surface area contributed by atoms with Crippen LogP contribution in [-0.2, 0) is 12.8 Å². The molecule has 0 aromatic carbocycles. The number of hydrogen-bond donors (Lipinski definition) is 1. The Morgan fingerprint density at radius 2 is 2.50 bits per heavy atom. The third-order valence-electron chi connectivity index (χ3n) is 3.25. The molecular weight excluding hydrogens is 204 g/mol. The van der Waals surface area contributed by atoms with Gasteiger partial charge in [0.05, 0.1) is 5.69 Å². The van der Waals surface area contributed by atoms with E-state index in [1.807, 2.05) is 0 Å². The van der Waals surface area contributed by atoms with Gasteiger partial charge < -0.3 is 14.4 Å². The molecule has 1 unspecified atom stereocenters. The van der Waals surface area contributed by atoms with Crippen LogP contribution in [0, 0.1) is 5.92 Å². The molecule has 0 amide bonds. The minimum absolute atomic E-state index is 0.138. The van der Waals surface area contributed by atoms with Crippen molar-refractivity contribution >= 4 is 0 Å². The first-order valence-electron chi connectivity index (χ1n) is 6.08. The van der Waals surface area contributed by atoms with Gasteiger partial charge >= 0.3 is 0 Å². The van der Waals surface area contributed by atoms with Crippen molar-refractivity contribution in [3.05, 3.63) is 17.8 Å². The molecule has 0 spiro atoms. The van der Waals surface area contributed by atoms with E-state index in [4.69, 9.17) is 9.52 Å². The van der Waals surface area contributed by atoms with Crippen LogP contribution >= 0.6 is 0 Å². The maximum Gasteiger partial charge on any atom is 0.194 e. The molecule has 1 aliphatic rings. The smallest absolute Gasteiger partial charge is 0.194 e. The summed E-state index contributed by atoms with van der Waals surface area (Å²) < 4.78 is 5.41. The number of oxazole rings is 1. The van der Waals surface area contributed by atoms with Gasteiger partial charge in [0, 0.05) is 26.0 Å². The molecule has 1 aliphatic heterocycles. The maximum atomic E-state index is 8.79. The summed E-state index contributed by atoms with van der Waals surface area (Å²) in [7, 11) is 0. The van der Waals surface area contributed by atoms with Crippen molar-refractivity contribution < 1.29 is 9.52 Å². The first-order valence-corrected chi connectivity index (χ1v) is 6.08. The van der Waals surface area contributed by atoms with Crippen molar-refractivity contribution in [2.75, 3.05) is 26.2 Å². The summed E-state index contributed by atoms with van der Waals surface area (Å²) in [6.07, 6.45) is 4.43. The fourth-order valence-electron chi connectivity index (χ4n) is 2.29. The van der Waals surface area contributed by atoms with Gasteiger partial charge in [-0.1, -0.05) is 6.92 Å². The van der Waals surface area contributed by atoms with Crippen LogP contribution in [0.25, 0.3) is 0 Å². The predicted molar refractivity (Wildman–Crippen MR) is 61.2 cm³/mol. The Morgan fingerprint density at radius 1 is 1.62 bits per heavy atom. The number of aromatic nitrogens is 1. The molecule has 2 heterocycles. The van der Waals surface area contributed by atoms with Crippen LogP contribution in [0.3, 0.4) is 0 Å². The molecule has 90 valence electrons. The van der Waals surface area contributed by atoms with Crippen LogP contribution in [-0.4, -0.2) is 41.2 Å². The van der Waals surface area contributed by atoms with Crippen molar-refractivity contribution in [1.29, 1.82) is 0 Å². The number of hydrogen-bond acceptors (Lipinski definition) is 4. The summed E-state index contributed by atoms with van der Waals surface area (Å²) in [5, 5.41) is 8.79. The largest absolute Gasteiger partial charge is 0.449 e. The highest BCUT2D eigenvalue weighted by molar-refractivity contribution is 4.98. The van der Waals surface area contributed by atoms with Crippen molar-refractivity contribution in [2.24, 2.45) is 5.92 Å². The molecule has 0 saturated carbocycles. The minimum atomic E-state index is 0.138. The van der Waals surface area contributed by atoms with E-state index in [1.54, 1.807) is 6.26 Å². The van der Waals surface area contributed by atoms with Gasteiger partial charge in [0.15, 0.2) is 5.89 Å². The van der Waals surface area contributed by atoms with E-state index in [0.29, 0.717) is 12.3 Å². The Kier molecular flexibility index (Phi) is 3.96. The van der Waals surface area contributed by atoms with Crippen LogP contribution in [0.4, 0.5) is 0 Å². The molecule has 1 fully saturated rings. The number of likely N-dealkylation sites (tertiary alicyclic amines) is 1. The van der Waals surface area contributed by atoms with Gasteiger partial charge in [0.1, 0.15) is 6.26 Å². The molecule has 0 bridgehead atoms. The van der Waals surface area contributed by atoms with Gasteiger partial charge in [-0.2, -0.15) is 0 Å². The van der Waals surface area contributed by atoms with Gasteiger partial charge in [-0.15, -0.1) is 0 Å². The zero-order valence-corrected chi connectivity index (χ0v) is 9.85. The van der Waals surface area contributed by atoms with Crippen molar-refractivity contribution in [1.82, 2.24) is 9.88 Å². The summed E-state index contributed by atoms with van der Waals surface area (Å²) in [5.74, 6) is 1.51. The van der Waals surface area contributed by atoms with Crippen molar-refractivity contribution in [3.63, 3.8) is 0 Å². The zero-order chi connectivity index (χ0) is 11.4. The molecule has 4 heteroatoms. The normalized spacial score (nSPS) is 21.8. The lowest BCUT2D eigenvalue weighted by molar-refractivity contribution is 0.298. The van der Waals surface area contributed by atoms with Gasteiger partial charge in [-0.3, -0.25) is 0 Å². The second kappa shape index (κ2) is 5.46. The first-order chi connectivity index (χ1) is 7.81. The lowest BCUT2D eigenvalue weighted by atomic mass is 10.1. The van der Waals surface area contributed by atoms with Crippen LogP contribution in [0.2, 0.25) is 0 Å². The Hall–Kier alpha value is -0.870. The highest BCUT2D eigenvalue weighted by atomic mass is 16.3. The fourth-order valence-corrected chi connectivity index (χ4v) is 2.29. The molecule has 4 nitrogen and oxygen atoms in total. The third kappa shape index (κ3) is 2.83. The van der Waals surface area contributed by atoms with Crippen molar-refractivity contribution in [2.45, 2.75) is 26.2 Å². The lowest BCUT2D eigenvalue weighted by Gasteiger charge is -2.11. The van der Waals surface area contributed by atoms with Gasteiger partial charge in [-0.05, 0) is 25.4 Å². The van der Waals surface area contributed by atoms with Crippen LogP contribution in [0.15, 0.2) is 10.7 Å². The Morgan fingerprint density at radius 3 is 3.19 bits per heavy atom. The van der Waals surface area contributed by atoms with Crippen LogP contribution < -0.4 is 0 Å². The molecular formula is C12H20N2O2. The van der Waals surface area contributed by atoms with Gasteiger partial charge in [-0.25, -0.2) is 4.98 Å². The average Bonchev–Trinajstić information content (AvgIpc) is 2.89. The van der Waals surface area contributed by atoms with E-state index in [-0.39, 0.29) is 6.61 Å². The standard InChI is InChI=1S/C12H20N2O2/c1-2-14-5-3-10(8-14)7-12-13-11(4-6-15)9-16-12/h9-10,15H,2-8H2,1H3. The molecule has 1 saturated heterocycles. The second-order valence-electron chi connectivity index (χ2n) is 4.46. The van der Waals surface area contributed by atoms with E-state index in [1.165, 1.54) is 13.0 Å². The molecule has 0 radical (unpaired) electrons. The molecule has 2 rings (SSSR count). The van der Waals surface area contributed by atoms with Gasteiger partial charge in [0.2, 0.25) is 0 Å². The minimum Gasteiger partial charge on any atom is -0.449 e. The molecule has 1 N–H and O–H groups in total. The quantitative estimate of drug-likeness (QED) is 0.813. The van der Waals surface area contributed by atoms with Crippen molar-refractivity contribution in [3.8, 4) is 0 Å². The average molecular weight is 224 g/mol. The highest BCUT2D eigenvalue weighted by Crippen LogP contribution is 2.20. The monoisotopic (exact) mass is 224 g/mol. The Balaban J connectivity index is 1.84. The highest BCUT2D eigenvalue weighted by Gasteiger charge is 2.22. The van der Waals surface area contributed by atoms with E-state index in [2.05, 4.69) is 16.8 Å². The van der Waals surface area contributed by atoms with Crippen LogP contribution in [0.1, 0.15) is 24.9 Å². The lowest BCUT2D eigenvalue weighted by Crippen LogP contribution is -2.20. The number of rotatable bonds is 5. The number of nitrogens with zero attached hydrogens (tertiary/aromatic N) is 2. The molecule has 1 aromatic heterocycles. The Bertz CT molecular complexity index is 325. The number of aliphatic hydroxyl groups is 1. The summed E-state index contributed by atoms with van der Waals surface area (Å²) in [4.78, 5) is 6.83. The Labute approximate surface area is 96.3 Å². The topological polar surface area (TPSA) is 49.5 Å². The SMILES string of the molecule is CCN1CCC(Cc2nc(CCO)co2)C1. The van der Waals surface area contributed by atoms with E-state index in [0.717, 1.165) is 31.1 Å². The summed E-state index contributed by atoms with van der Waals surface area (Å²) in [6.45, 7) is 5.84. The summed E-state index contributed by atoms with van der Waals surface area (Å²) >= 11 is 0. The maximum absolute atomic E-state index is 8.79. The van der Waals surface area contributed by atoms with E-state index in [9.17, 15) is 0 Å². The fraction of sp³-hybridized carbons (Fsp3) is 0.750. The first kappa shape index (κ1) is 11.6. The van der Waals surface area contributed by atoms with Gasteiger partial charge in [0.25, 0.3) is 0 Å². The summed E-state index contributed by atoms with van der Waals surface area (Å²) in [6, 6.07) is 0. The second-order valence-corrected chi connectivity index (χ2v) is 4.46. The molecule has 0 aliphatic carbocycles. The van der Waals surface area contributed by atoms with Crippen LogP contribution in [0.5, 0.6) is 0 Å². The van der Waals surface area contributed by atoms with E-state index < -0.39 is 0 Å². The summed E-state index contributed by atoms with van der Waals surface area (Å²) in [5.41, 5.74) is 0.864. The zero-order valence-electron chi connectivity index (χ0n) is 9.85. The molecule has 16 heavy (non-hydrogen) atoms. The predicted octanol–water partition coefficient (Wildman–Crippen LogP) is 1.09. The van der Waals surface area contributed by atoms with E-state index >= 15 is 0 Å². The number of aliphatic hydroxyl groups excluding tert-OH is 1. The molecule has 1 aromatic rings.